The summed E-state index contributed by atoms with van der Waals surface area (Å²) >= 11 is 0. The Kier molecular flexibility index (Phi) is 7.29. The van der Waals surface area contributed by atoms with E-state index in [4.69, 9.17) is 10.5 Å². The molecule has 0 atom stereocenters. The Morgan fingerprint density at radius 3 is 2.79 bits per heavy atom. The summed E-state index contributed by atoms with van der Waals surface area (Å²) in [6, 6.07) is 13.1. The molecule has 8 nitrogen and oxygen atoms in total. The van der Waals surface area contributed by atoms with Crippen molar-refractivity contribution in [3.8, 4) is 5.75 Å². The van der Waals surface area contributed by atoms with Gasteiger partial charge in [-0.15, -0.1) is 0 Å². The highest BCUT2D eigenvalue weighted by Gasteiger charge is 2.35. The number of piperidine rings is 1. The first-order chi connectivity index (χ1) is 16.4. The Morgan fingerprint density at radius 1 is 1.24 bits per heavy atom. The molecule has 0 unspecified atom stereocenters. The summed E-state index contributed by atoms with van der Waals surface area (Å²) < 4.78 is 5.66. The number of hydrogen-bond donors (Lipinski definition) is 2. The number of fused-ring (bicyclic) bond motifs is 1. The molecule has 0 radical (unpaired) electrons. The van der Waals surface area contributed by atoms with Gasteiger partial charge in [0.2, 0.25) is 0 Å². The summed E-state index contributed by atoms with van der Waals surface area (Å²) in [6.45, 7) is 4.68. The van der Waals surface area contributed by atoms with Crippen molar-refractivity contribution in [3.63, 3.8) is 0 Å². The van der Waals surface area contributed by atoms with Gasteiger partial charge in [-0.1, -0.05) is 6.07 Å². The molecule has 0 aliphatic carbocycles. The van der Waals surface area contributed by atoms with Crippen LogP contribution in [0, 0.1) is 6.92 Å². The van der Waals surface area contributed by atoms with Crippen LogP contribution in [0.25, 0.3) is 11.0 Å². The topological polar surface area (TPSA) is 105 Å². The van der Waals surface area contributed by atoms with E-state index in [1.807, 2.05) is 31.2 Å². The first kappa shape index (κ1) is 23.9. The number of hydrogen-bond acceptors (Lipinski definition) is 7. The van der Waals surface area contributed by atoms with Gasteiger partial charge < -0.3 is 25.4 Å². The van der Waals surface area contributed by atoms with E-state index in [-0.39, 0.29) is 12.5 Å². The van der Waals surface area contributed by atoms with E-state index in [1.165, 1.54) is 0 Å². The third kappa shape index (κ3) is 5.46. The molecule has 1 amide bonds. The van der Waals surface area contributed by atoms with E-state index in [9.17, 15) is 9.90 Å². The first-order valence-electron chi connectivity index (χ1n) is 11.8. The average molecular weight is 464 g/mol. The molecule has 180 valence electrons. The normalized spacial score (nSPS) is 15.4. The Morgan fingerprint density at radius 2 is 2.03 bits per heavy atom. The molecule has 1 fully saturated rings. The number of aryl methyl sites for hydroxylation is 1. The van der Waals surface area contributed by atoms with Crippen molar-refractivity contribution in [3.05, 3.63) is 59.9 Å². The predicted octanol–water partition coefficient (Wildman–Crippen LogP) is 2.77. The molecule has 4 rings (SSSR count). The Balaban J connectivity index is 1.39. The van der Waals surface area contributed by atoms with Gasteiger partial charge >= 0.3 is 0 Å². The summed E-state index contributed by atoms with van der Waals surface area (Å²) in [6.07, 6.45) is 3.67. The van der Waals surface area contributed by atoms with Crippen molar-refractivity contribution in [2.45, 2.75) is 31.8 Å². The molecule has 1 aliphatic rings. The van der Waals surface area contributed by atoms with Crippen molar-refractivity contribution in [1.82, 2.24) is 14.9 Å². The predicted molar refractivity (Wildman–Crippen MR) is 133 cm³/mol. The molecule has 3 N–H and O–H groups in total. The maximum atomic E-state index is 13.0. The number of likely N-dealkylation sites (N-methyl/N-ethyl adjacent to an activating group) is 1. The number of amides is 1. The Bertz CT molecular complexity index is 1140. The molecule has 1 aliphatic heterocycles. The lowest BCUT2D eigenvalue weighted by Crippen LogP contribution is -2.51. The van der Waals surface area contributed by atoms with Crippen LogP contribution in [0.2, 0.25) is 0 Å². The van der Waals surface area contributed by atoms with E-state index in [0.717, 1.165) is 28.8 Å². The second-order valence-electron chi connectivity index (χ2n) is 9.04. The molecular weight excluding hydrogens is 430 g/mol. The summed E-state index contributed by atoms with van der Waals surface area (Å²) in [4.78, 5) is 26.0. The van der Waals surface area contributed by atoms with E-state index in [2.05, 4.69) is 14.9 Å². The molecular formula is C26H33N5O3. The summed E-state index contributed by atoms with van der Waals surface area (Å²) in [5.41, 5.74) is 8.84. The molecule has 0 spiro atoms. The monoisotopic (exact) mass is 463 g/mol. The smallest absolute Gasteiger partial charge is 0.253 e. The molecule has 2 aromatic heterocycles. The van der Waals surface area contributed by atoms with Crippen LogP contribution in [0.3, 0.4) is 0 Å². The van der Waals surface area contributed by atoms with Crippen molar-refractivity contribution in [1.29, 1.82) is 0 Å². The lowest BCUT2D eigenvalue weighted by atomic mass is 9.90. The minimum atomic E-state index is -0.942. The standard InChI is InChI=1S/C26H33N5O3/c1-19-7-8-22-24(29-19)23(9-13-28-22)31-14-10-26(33,11-15-31)18-30(2)25(32)20-5-3-6-21(17-20)34-16-4-12-27/h3,5-9,13,17,33H,4,10-12,14-16,18,27H2,1-2H3. The van der Waals surface area contributed by atoms with Gasteiger partial charge in [0, 0.05) is 44.1 Å². The highest BCUT2D eigenvalue weighted by Crippen LogP contribution is 2.31. The van der Waals surface area contributed by atoms with E-state index >= 15 is 0 Å². The fraction of sp³-hybridized carbons (Fsp3) is 0.423. The number of rotatable bonds is 8. The molecule has 0 saturated carbocycles. The number of carbonyl (C=O) groups excluding carboxylic acids is 1. The quantitative estimate of drug-likeness (QED) is 0.495. The highest BCUT2D eigenvalue weighted by atomic mass is 16.5. The molecule has 3 heterocycles. The number of aliphatic hydroxyl groups is 1. The minimum Gasteiger partial charge on any atom is -0.494 e. The molecule has 3 aromatic rings. The van der Waals surface area contributed by atoms with Crippen molar-refractivity contribution in [2.75, 3.05) is 44.7 Å². The van der Waals surface area contributed by atoms with Gasteiger partial charge in [0.25, 0.3) is 5.91 Å². The Labute approximate surface area is 200 Å². The van der Waals surface area contributed by atoms with Gasteiger partial charge in [0.15, 0.2) is 0 Å². The number of benzene rings is 1. The van der Waals surface area contributed by atoms with Gasteiger partial charge in [-0.05, 0) is 69.1 Å². The molecule has 8 heteroatoms. The van der Waals surface area contributed by atoms with E-state index in [0.29, 0.717) is 50.4 Å². The van der Waals surface area contributed by atoms with Crippen LogP contribution in [-0.4, -0.2) is 71.3 Å². The van der Waals surface area contributed by atoms with Gasteiger partial charge in [-0.3, -0.25) is 9.78 Å². The van der Waals surface area contributed by atoms with E-state index in [1.54, 1.807) is 36.3 Å². The number of pyridine rings is 2. The van der Waals surface area contributed by atoms with Crippen LogP contribution in [0.4, 0.5) is 5.69 Å². The van der Waals surface area contributed by atoms with Crippen LogP contribution >= 0.6 is 0 Å². The van der Waals surface area contributed by atoms with Crippen molar-refractivity contribution < 1.29 is 14.6 Å². The minimum absolute atomic E-state index is 0.139. The fourth-order valence-electron chi connectivity index (χ4n) is 4.41. The average Bonchev–Trinajstić information content (AvgIpc) is 2.84. The van der Waals surface area contributed by atoms with Gasteiger partial charge in [0.05, 0.1) is 23.4 Å². The maximum Gasteiger partial charge on any atom is 0.253 e. The van der Waals surface area contributed by atoms with Gasteiger partial charge in [-0.25, -0.2) is 4.98 Å². The highest BCUT2D eigenvalue weighted by molar-refractivity contribution is 5.94. The largest absolute Gasteiger partial charge is 0.494 e. The second-order valence-corrected chi connectivity index (χ2v) is 9.04. The van der Waals surface area contributed by atoms with Crippen LogP contribution in [0.1, 0.15) is 35.3 Å². The van der Waals surface area contributed by atoms with E-state index < -0.39 is 5.60 Å². The van der Waals surface area contributed by atoms with Crippen LogP contribution in [0.5, 0.6) is 5.75 Å². The number of aromatic nitrogens is 2. The molecule has 1 saturated heterocycles. The second kappa shape index (κ2) is 10.4. The number of ether oxygens (including phenoxy) is 1. The zero-order valence-electron chi connectivity index (χ0n) is 19.9. The van der Waals surface area contributed by atoms with Crippen LogP contribution < -0.4 is 15.4 Å². The zero-order chi connectivity index (χ0) is 24.1. The summed E-state index contributed by atoms with van der Waals surface area (Å²) in [5, 5.41) is 11.3. The first-order valence-corrected chi connectivity index (χ1v) is 11.8. The lowest BCUT2D eigenvalue weighted by molar-refractivity contribution is -0.00800. The molecule has 0 bridgehead atoms. The summed E-state index contributed by atoms with van der Waals surface area (Å²) in [7, 11) is 1.73. The van der Waals surface area contributed by atoms with Gasteiger partial charge in [0.1, 0.15) is 11.3 Å². The summed E-state index contributed by atoms with van der Waals surface area (Å²) in [5.74, 6) is 0.507. The number of nitrogens with two attached hydrogens (primary N) is 1. The third-order valence-electron chi connectivity index (χ3n) is 6.31. The maximum absolute atomic E-state index is 13.0. The number of anilines is 1. The van der Waals surface area contributed by atoms with Crippen molar-refractivity contribution in [2.24, 2.45) is 5.73 Å². The van der Waals surface area contributed by atoms with Crippen LogP contribution in [-0.2, 0) is 0 Å². The fourth-order valence-corrected chi connectivity index (χ4v) is 4.41. The third-order valence-corrected chi connectivity index (χ3v) is 6.31. The SMILES string of the molecule is Cc1ccc2nccc(N3CCC(O)(CN(C)C(=O)c4cccc(OCCCN)c4)CC3)c2n1. The van der Waals surface area contributed by atoms with Crippen LogP contribution in [0.15, 0.2) is 48.7 Å². The molecule has 34 heavy (non-hydrogen) atoms. The number of carbonyl (C=O) groups is 1. The lowest BCUT2D eigenvalue weighted by Gasteiger charge is -2.41. The number of nitrogens with zero attached hydrogens (tertiary/aromatic N) is 4. The van der Waals surface area contributed by atoms with Gasteiger partial charge in [-0.2, -0.15) is 0 Å². The molecule has 1 aromatic carbocycles. The van der Waals surface area contributed by atoms with Crippen molar-refractivity contribution >= 4 is 22.6 Å². The zero-order valence-corrected chi connectivity index (χ0v) is 19.9. The Hall–Kier alpha value is -3.23.